The summed E-state index contributed by atoms with van der Waals surface area (Å²) in [5.74, 6) is 1.39. The average Bonchev–Trinajstić information content (AvgIpc) is 3.45. The molecule has 0 saturated carbocycles. The lowest BCUT2D eigenvalue weighted by Gasteiger charge is -1.99. The number of rotatable bonds is 6. The maximum Gasteiger partial charge on any atom is 0.209 e. The van der Waals surface area contributed by atoms with Gasteiger partial charge in [0.2, 0.25) is 5.16 Å². The standard InChI is InChI=1S/C19H13N5O2S2/c20-10-13(18-21-14-5-1-2-6-16(14)28-18)15(25)11-27-19-22-17(23-24-19)8-7-12-4-3-9-26-12/h1-9,25H,11H2,(H,22,23,24)/b8-7+,15-13-. The third-order valence-electron chi connectivity index (χ3n) is 3.68. The predicted octanol–water partition coefficient (Wildman–Crippen LogP) is 4.76. The van der Waals surface area contributed by atoms with Crippen LogP contribution in [0.4, 0.5) is 0 Å². The number of nitrogens with one attached hydrogen (secondary N) is 1. The number of nitriles is 1. The van der Waals surface area contributed by atoms with Crippen LogP contribution < -0.4 is 0 Å². The Bertz CT molecular complexity index is 1170. The Labute approximate surface area is 168 Å². The normalized spacial score (nSPS) is 12.4. The molecule has 0 amide bonds. The lowest BCUT2D eigenvalue weighted by Crippen LogP contribution is -1.93. The minimum atomic E-state index is -0.0518. The Balaban J connectivity index is 1.46. The van der Waals surface area contributed by atoms with E-state index in [1.807, 2.05) is 30.3 Å². The zero-order chi connectivity index (χ0) is 19.3. The molecule has 9 heteroatoms. The fraction of sp³-hybridized carbons (Fsp3) is 0.0526. The van der Waals surface area contributed by atoms with Gasteiger partial charge in [0, 0.05) is 0 Å². The largest absolute Gasteiger partial charge is 0.510 e. The molecular formula is C19H13N5O2S2. The first kappa shape index (κ1) is 18.0. The third kappa shape index (κ3) is 3.98. The molecule has 0 aliphatic rings. The fourth-order valence-electron chi connectivity index (χ4n) is 2.36. The highest BCUT2D eigenvalue weighted by Gasteiger charge is 2.15. The average molecular weight is 407 g/mol. The number of aromatic nitrogens is 4. The lowest BCUT2D eigenvalue weighted by molar-refractivity contribution is 0.420. The van der Waals surface area contributed by atoms with Crippen molar-refractivity contribution in [3.05, 3.63) is 65.0 Å². The smallest absolute Gasteiger partial charge is 0.209 e. The van der Waals surface area contributed by atoms with E-state index < -0.39 is 0 Å². The van der Waals surface area contributed by atoms with Crippen LogP contribution in [-0.4, -0.2) is 31.0 Å². The molecule has 2 N–H and O–H groups in total. The third-order valence-corrected chi connectivity index (χ3v) is 5.59. The Hall–Kier alpha value is -3.35. The molecule has 3 heterocycles. The number of hydrogen-bond donors (Lipinski definition) is 2. The van der Waals surface area contributed by atoms with Crippen molar-refractivity contribution in [1.29, 1.82) is 5.26 Å². The van der Waals surface area contributed by atoms with Gasteiger partial charge in [-0.25, -0.2) is 9.97 Å². The summed E-state index contributed by atoms with van der Waals surface area (Å²) >= 11 is 2.60. The van der Waals surface area contributed by atoms with Gasteiger partial charge >= 0.3 is 0 Å². The van der Waals surface area contributed by atoms with Crippen LogP contribution >= 0.6 is 23.1 Å². The molecule has 0 bridgehead atoms. The van der Waals surface area contributed by atoms with Crippen LogP contribution in [0.1, 0.15) is 16.6 Å². The number of hydrogen-bond acceptors (Lipinski definition) is 8. The van der Waals surface area contributed by atoms with Crippen LogP contribution in [0.25, 0.3) is 27.9 Å². The lowest BCUT2D eigenvalue weighted by atomic mass is 10.2. The number of thiazole rings is 1. The summed E-state index contributed by atoms with van der Waals surface area (Å²) in [6, 6.07) is 13.3. The summed E-state index contributed by atoms with van der Waals surface area (Å²) in [6.45, 7) is 0. The first-order valence-electron chi connectivity index (χ1n) is 8.18. The number of para-hydroxylation sites is 1. The van der Waals surface area contributed by atoms with Gasteiger partial charge in [0.25, 0.3) is 0 Å². The van der Waals surface area contributed by atoms with E-state index in [0.29, 0.717) is 21.7 Å². The predicted molar refractivity (Wildman–Crippen MR) is 110 cm³/mol. The summed E-state index contributed by atoms with van der Waals surface area (Å²) in [4.78, 5) is 8.74. The molecule has 4 rings (SSSR count). The summed E-state index contributed by atoms with van der Waals surface area (Å²) < 4.78 is 6.18. The van der Waals surface area contributed by atoms with Crippen molar-refractivity contribution in [1.82, 2.24) is 20.2 Å². The van der Waals surface area contributed by atoms with Crippen molar-refractivity contribution in [2.45, 2.75) is 5.16 Å². The number of furan rings is 1. The fourth-order valence-corrected chi connectivity index (χ4v) is 4.03. The molecule has 0 aliphatic heterocycles. The number of H-pyrrole nitrogens is 1. The maximum absolute atomic E-state index is 10.4. The van der Waals surface area contributed by atoms with E-state index in [9.17, 15) is 10.4 Å². The van der Waals surface area contributed by atoms with Gasteiger partial charge in [0.1, 0.15) is 34.0 Å². The zero-order valence-electron chi connectivity index (χ0n) is 14.4. The van der Waals surface area contributed by atoms with E-state index in [0.717, 1.165) is 10.2 Å². The number of thioether (sulfide) groups is 1. The highest BCUT2D eigenvalue weighted by molar-refractivity contribution is 7.99. The van der Waals surface area contributed by atoms with E-state index in [1.54, 1.807) is 24.5 Å². The molecule has 0 fully saturated rings. The Kier molecular flexibility index (Phi) is 5.23. The topological polar surface area (TPSA) is 112 Å². The number of nitrogens with zero attached hydrogens (tertiary/aromatic N) is 4. The molecule has 0 unspecified atom stereocenters. The SMILES string of the molecule is N#C/C(=C(/O)CSc1n[nH]c(/C=C/c2ccco2)n1)c1nc2ccccc2s1. The second-order valence-electron chi connectivity index (χ2n) is 5.56. The number of aliphatic hydroxyl groups is 1. The molecule has 138 valence electrons. The van der Waals surface area contributed by atoms with Crippen molar-refractivity contribution in [2.24, 2.45) is 0 Å². The minimum Gasteiger partial charge on any atom is -0.510 e. The molecule has 0 radical (unpaired) electrons. The quantitative estimate of drug-likeness (QED) is 0.269. The first-order chi connectivity index (χ1) is 13.7. The summed E-state index contributed by atoms with van der Waals surface area (Å²) in [5, 5.41) is 27.7. The zero-order valence-corrected chi connectivity index (χ0v) is 16.0. The van der Waals surface area contributed by atoms with Gasteiger partial charge in [-0.05, 0) is 36.4 Å². The monoisotopic (exact) mass is 407 g/mol. The molecule has 7 nitrogen and oxygen atoms in total. The minimum absolute atomic E-state index is 0.0518. The second-order valence-corrected chi connectivity index (χ2v) is 7.53. The van der Waals surface area contributed by atoms with Gasteiger partial charge in [-0.3, -0.25) is 5.10 Å². The van der Waals surface area contributed by atoms with Gasteiger partial charge in [0.15, 0.2) is 0 Å². The number of allylic oxidation sites excluding steroid dienone is 1. The summed E-state index contributed by atoms with van der Waals surface area (Å²) in [5.41, 5.74) is 0.972. The number of fused-ring (bicyclic) bond motifs is 1. The number of benzene rings is 1. The van der Waals surface area contributed by atoms with Gasteiger partial charge in [-0.1, -0.05) is 23.9 Å². The molecule has 0 aliphatic carbocycles. The van der Waals surface area contributed by atoms with Gasteiger partial charge in [-0.2, -0.15) is 5.26 Å². The Morgan fingerprint density at radius 2 is 2.14 bits per heavy atom. The van der Waals surface area contributed by atoms with Gasteiger partial charge in [0.05, 0.1) is 22.2 Å². The highest BCUT2D eigenvalue weighted by Crippen LogP contribution is 2.29. The first-order valence-corrected chi connectivity index (χ1v) is 9.98. The van der Waals surface area contributed by atoms with Crippen LogP contribution in [0.3, 0.4) is 0 Å². The molecule has 4 aromatic rings. The molecule has 0 saturated heterocycles. The Morgan fingerprint density at radius 3 is 2.93 bits per heavy atom. The van der Waals surface area contributed by atoms with E-state index in [2.05, 4.69) is 26.2 Å². The van der Waals surface area contributed by atoms with Gasteiger partial charge in [-0.15, -0.1) is 16.4 Å². The number of aromatic amines is 1. The van der Waals surface area contributed by atoms with Crippen LogP contribution in [0.5, 0.6) is 0 Å². The van der Waals surface area contributed by atoms with Crippen molar-refractivity contribution >= 4 is 51.0 Å². The maximum atomic E-state index is 10.4. The number of aliphatic hydroxyl groups excluding tert-OH is 1. The molecule has 0 spiro atoms. The van der Waals surface area contributed by atoms with Crippen molar-refractivity contribution in [3.8, 4) is 6.07 Å². The van der Waals surface area contributed by atoms with Crippen molar-refractivity contribution in [2.75, 3.05) is 5.75 Å². The van der Waals surface area contributed by atoms with E-state index in [-0.39, 0.29) is 17.1 Å². The van der Waals surface area contributed by atoms with E-state index in [1.165, 1.54) is 23.1 Å². The van der Waals surface area contributed by atoms with Crippen LogP contribution in [0.15, 0.2) is 58.0 Å². The molecule has 3 aromatic heterocycles. The van der Waals surface area contributed by atoms with Crippen LogP contribution in [0.2, 0.25) is 0 Å². The summed E-state index contributed by atoms with van der Waals surface area (Å²) in [6.07, 6.45) is 5.11. The molecule has 28 heavy (non-hydrogen) atoms. The molecule has 1 aromatic carbocycles. The Morgan fingerprint density at radius 1 is 1.25 bits per heavy atom. The van der Waals surface area contributed by atoms with Crippen molar-refractivity contribution < 1.29 is 9.52 Å². The van der Waals surface area contributed by atoms with E-state index >= 15 is 0 Å². The summed E-state index contributed by atoms with van der Waals surface area (Å²) in [7, 11) is 0. The second kappa shape index (κ2) is 8.12. The van der Waals surface area contributed by atoms with Crippen LogP contribution in [0, 0.1) is 11.3 Å². The molecular weight excluding hydrogens is 394 g/mol. The van der Waals surface area contributed by atoms with E-state index in [4.69, 9.17) is 4.42 Å². The highest BCUT2D eigenvalue weighted by atomic mass is 32.2. The van der Waals surface area contributed by atoms with Crippen molar-refractivity contribution in [3.63, 3.8) is 0 Å². The molecule has 0 atom stereocenters. The van der Waals surface area contributed by atoms with Crippen LogP contribution in [-0.2, 0) is 0 Å². The van der Waals surface area contributed by atoms with Gasteiger partial charge < -0.3 is 9.52 Å².